The first-order valence-electron chi connectivity index (χ1n) is 6.35. The predicted octanol–water partition coefficient (Wildman–Crippen LogP) is 2.36. The second-order valence-electron chi connectivity index (χ2n) is 4.70. The Morgan fingerprint density at radius 2 is 1.43 bits per heavy atom. The molecule has 0 saturated heterocycles. The van der Waals surface area contributed by atoms with Crippen LogP contribution in [-0.2, 0) is 4.84 Å². The molecule has 1 aliphatic rings. The number of amides is 2. The Bertz CT molecular complexity index is 714. The van der Waals surface area contributed by atoms with Gasteiger partial charge in [0.2, 0.25) is 0 Å². The lowest BCUT2D eigenvalue weighted by Crippen LogP contribution is -2.32. The number of hydrogen-bond donors (Lipinski definition) is 0. The highest BCUT2D eigenvalue weighted by Crippen LogP contribution is 2.23. The summed E-state index contributed by atoms with van der Waals surface area (Å²) in [6, 6.07) is 13.0. The molecule has 2 aromatic rings. The minimum absolute atomic E-state index is 0.235. The highest BCUT2D eigenvalue weighted by atomic mass is 16.7. The average molecular weight is 281 g/mol. The van der Waals surface area contributed by atoms with Gasteiger partial charge in [-0.05, 0) is 31.2 Å². The SMILES string of the molecule is Cc1ccc(C(=O)ON2C(=O)c3ccccc3C2=O)cc1. The Labute approximate surface area is 120 Å². The van der Waals surface area contributed by atoms with Crippen molar-refractivity contribution in [2.24, 2.45) is 0 Å². The van der Waals surface area contributed by atoms with Gasteiger partial charge in [0.05, 0.1) is 16.7 Å². The monoisotopic (exact) mass is 281 g/mol. The Morgan fingerprint density at radius 3 is 1.95 bits per heavy atom. The van der Waals surface area contributed by atoms with E-state index in [-0.39, 0.29) is 16.7 Å². The van der Waals surface area contributed by atoms with Gasteiger partial charge in [-0.1, -0.05) is 34.9 Å². The van der Waals surface area contributed by atoms with E-state index in [4.69, 9.17) is 4.84 Å². The van der Waals surface area contributed by atoms with Crippen molar-refractivity contribution in [1.29, 1.82) is 0 Å². The summed E-state index contributed by atoms with van der Waals surface area (Å²) in [5, 5.41) is 0.507. The summed E-state index contributed by atoms with van der Waals surface area (Å²) in [6.07, 6.45) is 0. The van der Waals surface area contributed by atoms with Crippen LogP contribution in [0.4, 0.5) is 0 Å². The topological polar surface area (TPSA) is 63.7 Å². The van der Waals surface area contributed by atoms with Crippen molar-refractivity contribution in [3.8, 4) is 0 Å². The van der Waals surface area contributed by atoms with Crippen molar-refractivity contribution in [1.82, 2.24) is 5.06 Å². The van der Waals surface area contributed by atoms with Gasteiger partial charge in [-0.3, -0.25) is 9.59 Å². The van der Waals surface area contributed by atoms with Crippen LogP contribution in [-0.4, -0.2) is 22.8 Å². The van der Waals surface area contributed by atoms with E-state index in [0.717, 1.165) is 5.56 Å². The number of nitrogens with zero attached hydrogens (tertiary/aromatic N) is 1. The van der Waals surface area contributed by atoms with Crippen LogP contribution in [0.3, 0.4) is 0 Å². The number of imide groups is 1. The molecule has 5 nitrogen and oxygen atoms in total. The van der Waals surface area contributed by atoms with E-state index in [1.807, 2.05) is 6.92 Å². The molecule has 1 heterocycles. The molecule has 0 aromatic heterocycles. The summed E-state index contributed by atoms with van der Waals surface area (Å²) < 4.78 is 0. The molecule has 0 aliphatic carbocycles. The van der Waals surface area contributed by atoms with E-state index in [2.05, 4.69) is 0 Å². The summed E-state index contributed by atoms with van der Waals surface area (Å²) in [5.41, 5.74) is 1.74. The largest absolute Gasteiger partial charge is 0.363 e. The fourth-order valence-electron chi connectivity index (χ4n) is 2.08. The zero-order valence-electron chi connectivity index (χ0n) is 11.2. The lowest BCUT2D eigenvalue weighted by Gasteiger charge is -2.12. The summed E-state index contributed by atoms with van der Waals surface area (Å²) >= 11 is 0. The normalized spacial score (nSPS) is 13.3. The molecule has 0 fully saturated rings. The number of carbonyl (C=O) groups excluding carboxylic acids is 3. The van der Waals surface area contributed by atoms with Crippen molar-refractivity contribution >= 4 is 17.8 Å². The molecule has 104 valence electrons. The van der Waals surface area contributed by atoms with Crippen LogP contribution in [0.2, 0.25) is 0 Å². The number of fused-ring (bicyclic) bond motifs is 1. The first kappa shape index (κ1) is 13.1. The van der Waals surface area contributed by atoms with Crippen LogP contribution in [0.5, 0.6) is 0 Å². The van der Waals surface area contributed by atoms with Crippen molar-refractivity contribution < 1.29 is 19.2 Å². The number of hydrogen-bond acceptors (Lipinski definition) is 4. The van der Waals surface area contributed by atoms with E-state index in [9.17, 15) is 14.4 Å². The molecule has 2 aromatic carbocycles. The third-order valence-electron chi connectivity index (χ3n) is 3.22. The highest BCUT2D eigenvalue weighted by molar-refractivity contribution is 6.21. The maximum absolute atomic E-state index is 12.1. The third kappa shape index (κ3) is 2.18. The molecular weight excluding hydrogens is 270 g/mol. The third-order valence-corrected chi connectivity index (χ3v) is 3.22. The molecule has 1 aliphatic heterocycles. The van der Waals surface area contributed by atoms with Crippen LogP contribution >= 0.6 is 0 Å². The van der Waals surface area contributed by atoms with Gasteiger partial charge in [0.1, 0.15) is 0 Å². The zero-order valence-corrected chi connectivity index (χ0v) is 11.2. The van der Waals surface area contributed by atoms with E-state index < -0.39 is 17.8 Å². The van der Waals surface area contributed by atoms with Crippen LogP contribution < -0.4 is 0 Å². The summed E-state index contributed by atoms with van der Waals surface area (Å²) in [7, 11) is 0. The Kier molecular flexibility index (Phi) is 3.02. The molecule has 0 atom stereocenters. The minimum atomic E-state index is -0.746. The standard InChI is InChI=1S/C16H11NO4/c1-10-6-8-11(9-7-10)16(20)21-17-14(18)12-4-2-3-5-13(12)15(17)19/h2-9H,1H3. The quantitative estimate of drug-likeness (QED) is 0.793. The van der Waals surface area contributed by atoms with Gasteiger partial charge in [-0.15, -0.1) is 0 Å². The first-order valence-corrected chi connectivity index (χ1v) is 6.35. The van der Waals surface area contributed by atoms with Crippen molar-refractivity contribution in [3.05, 3.63) is 70.8 Å². The summed E-state index contributed by atoms with van der Waals surface area (Å²) in [5.74, 6) is -2.00. The fourth-order valence-corrected chi connectivity index (χ4v) is 2.08. The van der Waals surface area contributed by atoms with E-state index >= 15 is 0 Å². The molecule has 0 unspecified atom stereocenters. The van der Waals surface area contributed by atoms with Crippen molar-refractivity contribution in [3.63, 3.8) is 0 Å². The maximum Gasteiger partial charge on any atom is 0.363 e. The first-order chi connectivity index (χ1) is 10.1. The molecule has 3 rings (SSSR count). The number of carbonyl (C=O) groups is 3. The van der Waals surface area contributed by atoms with Gasteiger partial charge >= 0.3 is 5.97 Å². The molecule has 5 heteroatoms. The highest BCUT2D eigenvalue weighted by Gasteiger charge is 2.38. The lowest BCUT2D eigenvalue weighted by atomic mass is 10.1. The summed E-state index contributed by atoms with van der Waals surface area (Å²) in [4.78, 5) is 41.0. The van der Waals surface area contributed by atoms with Gasteiger partial charge in [0.25, 0.3) is 11.8 Å². The van der Waals surface area contributed by atoms with Gasteiger partial charge < -0.3 is 4.84 Å². The smallest absolute Gasteiger partial charge is 0.324 e. The molecule has 0 spiro atoms. The molecular formula is C16H11NO4. The van der Waals surface area contributed by atoms with Crippen LogP contribution in [0, 0.1) is 6.92 Å². The second-order valence-corrected chi connectivity index (χ2v) is 4.70. The molecule has 21 heavy (non-hydrogen) atoms. The predicted molar refractivity (Wildman–Crippen MR) is 73.5 cm³/mol. The van der Waals surface area contributed by atoms with Crippen LogP contribution in [0.1, 0.15) is 36.6 Å². The zero-order chi connectivity index (χ0) is 15.0. The Hall–Kier alpha value is -2.95. The molecule has 2 amide bonds. The van der Waals surface area contributed by atoms with E-state index in [1.54, 1.807) is 36.4 Å². The van der Waals surface area contributed by atoms with E-state index in [1.165, 1.54) is 12.1 Å². The number of aryl methyl sites for hydroxylation is 1. The minimum Gasteiger partial charge on any atom is -0.324 e. The fraction of sp³-hybridized carbons (Fsp3) is 0.0625. The summed E-state index contributed by atoms with van der Waals surface area (Å²) in [6.45, 7) is 1.89. The number of benzene rings is 2. The van der Waals surface area contributed by atoms with Crippen LogP contribution in [0.25, 0.3) is 0 Å². The van der Waals surface area contributed by atoms with Crippen LogP contribution in [0.15, 0.2) is 48.5 Å². The molecule has 0 saturated carbocycles. The number of hydroxylamine groups is 2. The van der Waals surface area contributed by atoms with Gasteiger partial charge in [-0.2, -0.15) is 0 Å². The Morgan fingerprint density at radius 1 is 0.905 bits per heavy atom. The van der Waals surface area contributed by atoms with Gasteiger partial charge in [-0.25, -0.2) is 4.79 Å². The van der Waals surface area contributed by atoms with Crippen molar-refractivity contribution in [2.75, 3.05) is 0 Å². The lowest BCUT2D eigenvalue weighted by molar-refractivity contribution is -0.0584. The number of rotatable bonds is 2. The van der Waals surface area contributed by atoms with E-state index in [0.29, 0.717) is 5.06 Å². The maximum atomic E-state index is 12.1. The van der Waals surface area contributed by atoms with Gasteiger partial charge in [0, 0.05) is 0 Å². The second kappa shape index (κ2) is 4.86. The molecule has 0 bridgehead atoms. The van der Waals surface area contributed by atoms with Gasteiger partial charge in [0.15, 0.2) is 0 Å². The van der Waals surface area contributed by atoms with Crippen molar-refractivity contribution in [2.45, 2.75) is 6.92 Å². The molecule has 0 N–H and O–H groups in total. The average Bonchev–Trinajstić information content (AvgIpc) is 2.73. The Balaban J connectivity index is 1.84. The molecule has 0 radical (unpaired) electrons.